The van der Waals surface area contributed by atoms with E-state index < -0.39 is 0 Å². The molecule has 0 atom stereocenters. The highest BCUT2D eigenvalue weighted by atomic mass is 14.4. The van der Waals surface area contributed by atoms with Crippen LogP contribution in [0.4, 0.5) is 0 Å². The van der Waals surface area contributed by atoms with Crippen molar-refractivity contribution in [2.75, 3.05) is 0 Å². The summed E-state index contributed by atoms with van der Waals surface area (Å²) in [5.41, 5.74) is 2.35. The molecule has 6 aliphatic carbocycles. The Bertz CT molecular complexity index is 759. The third-order valence-corrected chi connectivity index (χ3v) is 15.0. The molecule has 6 rings (SSSR count). The van der Waals surface area contributed by atoms with E-state index in [1.807, 2.05) is 0 Å². The van der Waals surface area contributed by atoms with Gasteiger partial charge in [0, 0.05) is 0 Å². The van der Waals surface area contributed by atoms with E-state index in [-0.39, 0.29) is 40.7 Å². The van der Waals surface area contributed by atoms with Gasteiger partial charge in [-0.1, -0.05) is 236 Å². The molecular weight excluding hydrogens is 703 g/mol. The molecule has 0 aromatic heterocycles. The molecule has 360 valence electrons. The predicted octanol–water partition coefficient (Wildman–Crippen LogP) is 21.0. The minimum absolute atomic E-state index is 0. The van der Waals surface area contributed by atoms with Crippen molar-refractivity contribution in [2.45, 2.75) is 287 Å². The summed E-state index contributed by atoms with van der Waals surface area (Å²) in [5.74, 6) is 8.06. The van der Waals surface area contributed by atoms with Crippen LogP contribution in [0, 0.1) is 69.0 Å². The predicted molar refractivity (Wildman–Crippen MR) is 275 cm³/mol. The van der Waals surface area contributed by atoms with Gasteiger partial charge in [0.1, 0.15) is 0 Å². The molecule has 9 N–H and O–H groups in total. The van der Waals surface area contributed by atoms with Crippen LogP contribution >= 0.6 is 0 Å². The Morgan fingerprint density at radius 3 is 0.500 bits per heavy atom. The average Bonchev–Trinajstić information content (AvgIpc) is 3.72. The van der Waals surface area contributed by atoms with Crippen LogP contribution in [0.2, 0.25) is 0 Å². The van der Waals surface area contributed by atoms with E-state index in [9.17, 15) is 0 Å². The van der Waals surface area contributed by atoms with Gasteiger partial charge >= 0.3 is 0 Å². The summed E-state index contributed by atoms with van der Waals surface area (Å²) in [6, 6.07) is 0. The average molecular weight is 829 g/mol. The second-order valence-electron chi connectivity index (χ2n) is 24.0. The van der Waals surface area contributed by atoms with Gasteiger partial charge in [-0.05, 0) is 120 Å². The van der Waals surface area contributed by atoms with Crippen LogP contribution in [0.5, 0.6) is 0 Å². The van der Waals surface area contributed by atoms with Crippen LogP contribution < -0.4 is 18.5 Å². The van der Waals surface area contributed by atoms with E-state index in [1.165, 1.54) is 154 Å². The van der Waals surface area contributed by atoms with Gasteiger partial charge in [-0.25, -0.2) is 0 Å². The number of hydrogen-bond acceptors (Lipinski definition) is 3. The lowest BCUT2D eigenvalue weighted by Crippen LogP contribution is -2.26. The molecule has 0 amide bonds. The minimum atomic E-state index is 0. The molecular formula is C55H125N3. The largest absolute Gasteiger partial charge is 0.344 e. The van der Waals surface area contributed by atoms with Gasteiger partial charge in [-0.3, -0.25) is 0 Å². The summed E-state index contributed by atoms with van der Waals surface area (Å²) in [5, 5.41) is 0. The van der Waals surface area contributed by atoms with Gasteiger partial charge in [0.15, 0.2) is 0 Å². The van der Waals surface area contributed by atoms with E-state index in [2.05, 4.69) is 111 Å². The summed E-state index contributed by atoms with van der Waals surface area (Å²) in [7, 11) is 0. The summed E-state index contributed by atoms with van der Waals surface area (Å²) in [6.07, 6.45) is 35.6. The fraction of sp³-hybridized carbons (Fsp3) is 1.00. The van der Waals surface area contributed by atoms with E-state index in [0.717, 1.165) is 47.3 Å². The van der Waals surface area contributed by atoms with Crippen molar-refractivity contribution in [2.24, 2.45) is 69.0 Å². The standard InChI is InChI=1S/4C9H18.2C8H16.3CH4.3H3N/c2*1-9(2,3)8-6-4-5-7-8;2*1-8(2)9-6-4-3-5-7-9;2*1-8(2,3)7-5-4-6-7;;;;;;/h2*8H,4-7H2,1-3H3;2*8-9H,3-7H2,1-2H3;2*7H,4-6H2,1-3H3;3*1H4;3*1H3. The molecule has 3 heteroatoms. The molecule has 6 saturated carbocycles. The van der Waals surface area contributed by atoms with Crippen LogP contribution in [0.15, 0.2) is 0 Å². The van der Waals surface area contributed by atoms with Gasteiger partial charge in [-0.15, -0.1) is 0 Å². The Hall–Kier alpha value is -0.120. The Morgan fingerprint density at radius 1 is 0.259 bits per heavy atom. The normalized spacial score (nSPS) is 20.6. The van der Waals surface area contributed by atoms with Crippen LogP contribution in [-0.2, 0) is 0 Å². The molecule has 0 aromatic rings. The van der Waals surface area contributed by atoms with Crippen molar-refractivity contribution >= 4 is 0 Å². The zero-order valence-corrected chi connectivity index (χ0v) is 41.7. The lowest BCUT2D eigenvalue weighted by atomic mass is 9.69. The van der Waals surface area contributed by atoms with E-state index in [4.69, 9.17) is 0 Å². The van der Waals surface area contributed by atoms with Crippen LogP contribution in [0.3, 0.4) is 0 Å². The van der Waals surface area contributed by atoms with Crippen LogP contribution in [0.1, 0.15) is 287 Å². The fourth-order valence-electron chi connectivity index (χ4n) is 9.73. The monoisotopic (exact) mass is 828 g/mol. The second kappa shape index (κ2) is 34.4. The van der Waals surface area contributed by atoms with Crippen molar-refractivity contribution in [1.29, 1.82) is 0 Å². The molecule has 58 heavy (non-hydrogen) atoms. The summed E-state index contributed by atoms with van der Waals surface area (Å²) >= 11 is 0. The molecule has 6 fully saturated rings. The van der Waals surface area contributed by atoms with Crippen molar-refractivity contribution in [1.82, 2.24) is 18.5 Å². The smallest absolute Gasteiger partial charge is 0.0354 e. The first-order valence-electron chi connectivity index (χ1n) is 24.0. The zero-order chi connectivity index (χ0) is 39.6. The molecule has 0 radical (unpaired) electrons. The van der Waals surface area contributed by atoms with E-state index in [0.29, 0.717) is 21.7 Å². The van der Waals surface area contributed by atoms with Gasteiger partial charge in [0.2, 0.25) is 0 Å². The third-order valence-electron chi connectivity index (χ3n) is 15.0. The van der Waals surface area contributed by atoms with Crippen molar-refractivity contribution in [3.05, 3.63) is 0 Å². The Kier molecular flexibility index (Phi) is 41.2. The fourth-order valence-corrected chi connectivity index (χ4v) is 9.73. The molecule has 6 aliphatic rings. The van der Waals surface area contributed by atoms with E-state index in [1.54, 1.807) is 0 Å². The number of hydrogen-bond donors (Lipinski definition) is 3. The van der Waals surface area contributed by atoms with Gasteiger partial charge in [0.05, 0.1) is 0 Å². The molecule has 0 spiro atoms. The molecule has 0 unspecified atom stereocenters. The minimum Gasteiger partial charge on any atom is -0.344 e. The molecule has 0 aromatic carbocycles. The highest BCUT2D eigenvalue weighted by Gasteiger charge is 2.30. The lowest BCUT2D eigenvalue weighted by molar-refractivity contribution is 0.141. The maximum absolute atomic E-state index is 2.36. The van der Waals surface area contributed by atoms with Crippen molar-refractivity contribution in [3.63, 3.8) is 0 Å². The Balaban J connectivity index is -0.000000137. The first-order valence-corrected chi connectivity index (χ1v) is 24.0. The highest BCUT2D eigenvalue weighted by Crippen LogP contribution is 2.42. The summed E-state index contributed by atoms with van der Waals surface area (Å²) < 4.78 is 0. The molecule has 0 bridgehead atoms. The molecule has 3 nitrogen and oxygen atoms in total. The lowest BCUT2D eigenvalue weighted by Gasteiger charge is -2.37. The van der Waals surface area contributed by atoms with E-state index >= 15 is 0 Å². The van der Waals surface area contributed by atoms with Crippen molar-refractivity contribution in [3.8, 4) is 0 Å². The Morgan fingerprint density at radius 2 is 0.414 bits per heavy atom. The van der Waals surface area contributed by atoms with Crippen LogP contribution in [-0.4, -0.2) is 0 Å². The van der Waals surface area contributed by atoms with Gasteiger partial charge < -0.3 is 18.5 Å². The summed E-state index contributed by atoms with van der Waals surface area (Å²) in [4.78, 5) is 0. The SMILES string of the molecule is C.C.C.CC(C)(C)C1CCC1.CC(C)(C)C1CCC1.CC(C)(C)C1CCCC1.CC(C)(C)C1CCCC1.CC(C)C1CCCCC1.CC(C)C1CCCCC1.N.N.N. The highest BCUT2D eigenvalue weighted by molar-refractivity contribution is 4.82. The maximum Gasteiger partial charge on any atom is -0.0354 e. The van der Waals surface area contributed by atoms with Gasteiger partial charge in [-0.2, -0.15) is 0 Å². The molecule has 0 aliphatic heterocycles. The van der Waals surface area contributed by atoms with Crippen molar-refractivity contribution < 1.29 is 0 Å². The first-order chi connectivity index (χ1) is 24.0. The Labute approximate surface area is 373 Å². The quantitative estimate of drug-likeness (QED) is 0.258. The first kappa shape index (κ1) is 69.6. The maximum atomic E-state index is 2.36. The zero-order valence-electron chi connectivity index (χ0n) is 41.7. The van der Waals surface area contributed by atoms with Gasteiger partial charge in [0.25, 0.3) is 0 Å². The second-order valence-corrected chi connectivity index (χ2v) is 24.0. The number of rotatable bonds is 2. The van der Waals surface area contributed by atoms with Crippen LogP contribution in [0.25, 0.3) is 0 Å². The summed E-state index contributed by atoms with van der Waals surface area (Å²) in [6.45, 7) is 37.7. The topological polar surface area (TPSA) is 105 Å². The third kappa shape index (κ3) is 30.8. The molecule has 0 heterocycles. The molecule has 0 saturated heterocycles.